The average Bonchev–Trinajstić information content (AvgIpc) is 2.40. The molecular weight excluding hydrogens is 282 g/mol. The van der Waals surface area contributed by atoms with Crippen molar-refractivity contribution in [1.29, 1.82) is 0 Å². The lowest BCUT2D eigenvalue weighted by molar-refractivity contribution is -0.105. The van der Waals surface area contributed by atoms with Gasteiger partial charge < -0.3 is 14.7 Å². The highest BCUT2D eigenvalue weighted by Crippen LogP contribution is 2.37. The number of halogens is 2. The Hall–Kier alpha value is -0.950. The van der Waals surface area contributed by atoms with Gasteiger partial charge in [-0.1, -0.05) is 0 Å². The van der Waals surface area contributed by atoms with Gasteiger partial charge >= 0.3 is 6.09 Å². The zero-order chi connectivity index (χ0) is 15.0. The number of fused-ring (bicyclic) bond motifs is 2. The number of nitrogens with zero attached hydrogens (tertiary/aromatic N) is 2. The summed E-state index contributed by atoms with van der Waals surface area (Å²) < 4.78 is 32.0. The molecule has 2 atom stereocenters. The molecule has 7 heteroatoms. The number of amides is 1. The molecule has 2 saturated heterocycles. The summed E-state index contributed by atoms with van der Waals surface area (Å²) >= 11 is 0. The number of piperazine rings is 1. The molecule has 21 heavy (non-hydrogen) atoms. The van der Waals surface area contributed by atoms with Crippen LogP contribution in [0.25, 0.3) is 0 Å². The minimum Gasteiger partial charge on any atom is -0.465 e. The maximum absolute atomic E-state index is 13.2. The number of hydrogen-bond acceptors (Lipinski definition) is 3. The van der Waals surface area contributed by atoms with Crippen molar-refractivity contribution < 1.29 is 23.4 Å². The fourth-order valence-corrected chi connectivity index (χ4v) is 3.76. The second-order valence-corrected chi connectivity index (χ2v) is 6.53. The predicted molar refractivity (Wildman–Crippen MR) is 71.6 cm³/mol. The molecule has 1 N–H and O–H groups in total. The third kappa shape index (κ3) is 3.29. The molecule has 1 aliphatic carbocycles. The summed E-state index contributed by atoms with van der Waals surface area (Å²) in [6.07, 6.45) is 0.208. The third-order valence-electron chi connectivity index (χ3n) is 5.00. The molecule has 3 rings (SSSR count). The van der Waals surface area contributed by atoms with E-state index >= 15 is 0 Å². The molecule has 2 heterocycles. The van der Waals surface area contributed by atoms with Crippen LogP contribution in [0.1, 0.15) is 25.7 Å². The largest absolute Gasteiger partial charge is 0.465 e. The van der Waals surface area contributed by atoms with Gasteiger partial charge in [0.1, 0.15) is 0 Å². The Morgan fingerprint density at radius 3 is 2.29 bits per heavy atom. The van der Waals surface area contributed by atoms with Gasteiger partial charge in [0.25, 0.3) is 0 Å². The SMILES string of the molecule is O=C(O)N1C[C@H]2COC[C@@H](C1)N2CC1CCC(F)(F)CC1. The number of rotatable bonds is 2. The van der Waals surface area contributed by atoms with E-state index in [2.05, 4.69) is 4.90 Å². The highest BCUT2D eigenvalue weighted by Gasteiger charge is 2.42. The smallest absolute Gasteiger partial charge is 0.407 e. The van der Waals surface area contributed by atoms with Gasteiger partial charge in [-0.05, 0) is 18.8 Å². The lowest BCUT2D eigenvalue weighted by Crippen LogP contribution is -2.66. The average molecular weight is 304 g/mol. The van der Waals surface area contributed by atoms with Crippen LogP contribution in [0.4, 0.5) is 13.6 Å². The van der Waals surface area contributed by atoms with E-state index in [4.69, 9.17) is 9.84 Å². The molecule has 0 aromatic heterocycles. The second-order valence-electron chi connectivity index (χ2n) is 6.53. The van der Waals surface area contributed by atoms with Crippen molar-refractivity contribution in [1.82, 2.24) is 9.80 Å². The van der Waals surface area contributed by atoms with Crippen molar-refractivity contribution in [3.05, 3.63) is 0 Å². The number of ether oxygens (including phenoxy) is 1. The maximum atomic E-state index is 13.2. The Morgan fingerprint density at radius 2 is 1.76 bits per heavy atom. The first kappa shape index (κ1) is 15.0. The Labute approximate surface area is 122 Å². The van der Waals surface area contributed by atoms with Crippen molar-refractivity contribution in [2.24, 2.45) is 5.92 Å². The molecule has 3 aliphatic rings. The molecule has 0 aromatic rings. The fourth-order valence-electron chi connectivity index (χ4n) is 3.76. The summed E-state index contributed by atoms with van der Waals surface area (Å²) in [4.78, 5) is 14.9. The van der Waals surface area contributed by atoms with Crippen molar-refractivity contribution >= 4 is 6.09 Å². The first-order valence-corrected chi connectivity index (χ1v) is 7.64. The van der Waals surface area contributed by atoms with Crippen LogP contribution >= 0.6 is 0 Å². The monoisotopic (exact) mass is 304 g/mol. The van der Waals surface area contributed by atoms with Crippen LogP contribution in [-0.4, -0.2) is 71.9 Å². The number of morpholine rings is 1. The molecule has 5 nitrogen and oxygen atoms in total. The van der Waals surface area contributed by atoms with E-state index in [1.54, 1.807) is 0 Å². The minimum absolute atomic E-state index is 0.0153. The highest BCUT2D eigenvalue weighted by molar-refractivity contribution is 5.65. The van der Waals surface area contributed by atoms with Crippen LogP contribution < -0.4 is 0 Å². The molecule has 2 aliphatic heterocycles. The van der Waals surface area contributed by atoms with E-state index < -0.39 is 12.0 Å². The molecule has 0 spiro atoms. The number of hydrogen-bond donors (Lipinski definition) is 1. The van der Waals surface area contributed by atoms with Crippen LogP contribution in [-0.2, 0) is 4.74 Å². The van der Waals surface area contributed by atoms with Gasteiger partial charge in [-0.25, -0.2) is 13.6 Å². The van der Waals surface area contributed by atoms with Crippen molar-refractivity contribution in [3.63, 3.8) is 0 Å². The quantitative estimate of drug-likeness (QED) is 0.846. The van der Waals surface area contributed by atoms with E-state index in [-0.39, 0.29) is 24.9 Å². The van der Waals surface area contributed by atoms with Gasteiger partial charge in [-0.2, -0.15) is 0 Å². The normalized spacial score (nSPS) is 33.9. The van der Waals surface area contributed by atoms with Crippen molar-refractivity contribution in [2.75, 3.05) is 32.8 Å². The van der Waals surface area contributed by atoms with E-state index in [1.807, 2.05) is 0 Å². The van der Waals surface area contributed by atoms with E-state index in [1.165, 1.54) is 4.90 Å². The topological polar surface area (TPSA) is 53.0 Å². The molecular formula is C14H22F2N2O3. The van der Waals surface area contributed by atoms with Gasteiger partial charge in [-0.15, -0.1) is 0 Å². The summed E-state index contributed by atoms with van der Waals surface area (Å²) in [5.41, 5.74) is 0. The molecule has 120 valence electrons. The molecule has 3 fully saturated rings. The summed E-state index contributed by atoms with van der Waals surface area (Å²) in [7, 11) is 0. The maximum Gasteiger partial charge on any atom is 0.407 e. The van der Waals surface area contributed by atoms with Crippen LogP contribution in [0, 0.1) is 5.92 Å². The standard InChI is InChI=1S/C14H22F2N2O3/c15-14(16)3-1-10(2-4-14)5-18-11-6-17(13(19)20)7-12(18)9-21-8-11/h10-12H,1-9H2,(H,19,20)/t11-,12+. The Kier molecular flexibility index (Phi) is 4.05. The van der Waals surface area contributed by atoms with Crippen molar-refractivity contribution in [2.45, 2.75) is 43.7 Å². The van der Waals surface area contributed by atoms with Crippen LogP contribution in [0.5, 0.6) is 0 Å². The van der Waals surface area contributed by atoms with Gasteiger partial charge in [0, 0.05) is 32.5 Å². The van der Waals surface area contributed by atoms with Crippen LogP contribution in [0.2, 0.25) is 0 Å². The lowest BCUT2D eigenvalue weighted by Gasteiger charge is -2.50. The molecule has 0 aromatic carbocycles. The first-order chi connectivity index (χ1) is 9.94. The number of carboxylic acid groups (broad SMARTS) is 1. The summed E-state index contributed by atoms with van der Waals surface area (Å²) in [6.45, 7) is 2.76. The summed E-state index contributed by atoms with van der Waals surface area (Å²) in [5, 5.41) is 9.14. The molecule has 0 radical (unpaired) electrons. The van der Waals surface area contributed by atoms with Gasteiger partial charge in [0.2, 0.25) is 5.92 Å². The molecule has 2 bridgehead atoms. The Morgan fingerprint density at radius 1 is 1.19 bits per heavy atom. The molecule has 0 unspecified atom stereocenters. The minimum atomic E-state index is -2.49. The van der Waals surface area contributed by atoms with E-state index in [0.29, 0.717) is 45.1 Å². The number of carbonyl (C=O) groups is 1. The zero-order valence-corrected chi connectivity index (χ0v) is 12.0. The molecule has 1 saturated carbocycles. The van der Waals surface area contributed by atoms with Crippen LogP contribution in [0.3, 0.4) is 0 Å². The Balaban J connectivity index is 1.60. The predicted octanol–water partition coefficient (Wildman–Crippen LogP) is 1.87. The second kappa shape index (κ2) is 5.68. The van der Waals surface area contributed by atoms with Gasteiger partial charge in [0.05, 0.1) is 25.3 Å². The van der Waals surface area contributed by atoms with Gasteiger partial charge in [0.15, 0.2) is 0 Å². The summed E-state index contributed by atoms with van der Waals surface area (Å²) in [5.74, 6) is -2.19. The first-order valence-electron chi connectivity index (χ1n) is 7.64. The third-order valence-corrected chi connectivity index (χ3v) is 5.00. The summed E-state index contributed by atoms with van der Waals surface area (Å²) in [6, 6.07) is 0.132. The van der Waals surface area contributed by atoms with Gasteiger partial charge in [-0.3, -0.25) is 4.90 Å². The van der Waals surface area contributed by atoms with Crippen molar-refractivity contribution in [3.8, 4) is 0 Å². The number of alkyl halides is 2. The van der Waals surface area contributed by atoms with E-state index in [0.717, 1.165) is 6.54 Å². The van der Waals surface area contributed by atoms with Crippen LogP contribution in [0.15, 0.2) is 0 Å². The van der Waals surface area contributed by atoms with E-state index in [9.17, 15) is 13.6 Å². The fraction of sp³-hybridized carbons (Fsp3) is 0.929. The highest BCUT2D eigenvalue weighted by atomic mass is 19.3. The zero-order valence-electron chi connectivity index (χ0n) is 12.0. The molecule has 1 amide bonds. The Bertz CT molecular complexity index is 384. The lowest BCUT2D eigenvalue weighted by atomic mass is 9.85.